The lowest BCUT2D eigenvalue weighted by atomic mass is 10.2. The molecule has 1 heterocycles. The summed E-state index contributed by atoms with van der Waals surface area (Å²) in [7, 11) is 0. The average Bonchev–Trinajstić information content (AvgIpc) is 2.75. The van der Waals surface area contributed by atoms with Crippen LogP contribution in [-0.2, 0) is 0 Å². The van der Waals surface area contributed by atoms with Gasteiger partial charge in [0.2, 0.25) is 0 Å². The molecule has 2 rings (SSSR count). The first-order valence-electron chi connectivity index (χ1n) is 5.57. The molecule has 0 amide bonds. The molecule has 0 radical (unpaired) electrons. The number of benzene rings is 1. The van der Waals surface area contributed by atoms with Crippen LogP contribution in [0.3, 0.4) is 0 Å². The van der Waals surface area contributed by atoms with Gasteiger partial charge in [-0.2, -0.15) is 0 Å². The minimum Gasteiger partial charge on any atom is -0.477 e. The van der Waals surface area contributed by atoms with Crippen molar-refractivity contribution in [1.82, 2.24) is 4.57 Å². The first kappa shape index (κ1) is 12.8. The highest BCUT2D eigenvalue weighted by atomic mass is 16.4. The van der Waals surface area contributed by atoms with Crippen molar-refractivity contribution in [3.8, 4) is 0 Å². The molecule has 1 N–H and O–H groups in total. The summed E-state index contributed by atoms with van der Waals surface area (Å²) in [5.74, 6) is -1.77. The Morgan fingerprint density at radius 1 is 1.21 bits per heavy atom. The van der Waals surface area contributed by atoms with Crippen LogP contribution in [0.2, 0.25) is 0 Å². The highest BCUT2D eigenvalue weighted by Crippen LogP contribution is 2.17. The van der Waals surface area contributed by atoms with Gasteiger partial charge < -0.3 is 5.11 Å². The Bertz CT molecular complexity index is 656. The summed E-state index contributed by atoms with van der Waals surface area (Å²) < 4.78 is 0.931. The Hall–Kier alpha value is -2.69. The highest BCUT2D eigenvalue weighted by Gasteiger charge is 2.23. The smallest absolute Gasteiger partial charge is 0.353 e. The molecule has 1 aromatic carbocycles. The quantitative estimate of drug-likeness (QED) is 0.853. The molecule has 0 aliphatic heterocycles. The van der Waals surface area contributed by atoms with Crippen molar-refractivity contribution in [3.63, 3.8) is 0 Å². The van der Waals surface area contributed by atoms with Gasteiger partial charge in [0.25, 0.3) is 5.91 Å². The van der Waals surface area contributed by atoms with Gasteiger partial charge in [-0.1, -0.05) is 18.2 Å². The third kappa shape index (κ3) is 2.18. The lowest BCUT2D eigenvalue weighted by molar-refractivity contribution is 0.0675. The first-order chi connectivity index (χ1) is 9.06. The van der Waals surface area contributed by atoms with Crippen LogP contribution in [-0.4, -0.2) is 27.8 Å². The Kier molecular flexibility index (Phi) is 3.29. The zero-order chi connectivity index (χ0) is 14.0. The van der Waals surface area contributed by atoms with Crippen molar-refractivity contribution < 1.29 is 19.5 Å². The van der Waals surface area contributed by atoms with E-state index in [0.717, 1.165) is 4.57 Å². The molecular weight excluding hydrogens is 246 g/mol. The van der Waals surface area contributed by atoms with Crippen LogP contribution in [0.5, 0.6) is 0 Å². The summed E-state index contributed by atoms with van der Waals surface area (Å²) in [6.07, 6.45) is 0.473. The number of carboxylic acid groups (broad SMARTS) is 1. The standard InChI is InChI=1S/C14H11NO4/c1-9-7-11(8-16)15(12(9)14(18)19)13(17)10-5-3-2-4-6-10/h2-8H,1H3,(H,18,19). The Balaban J connectivity index is 2.64. The largest absolute Gasteiger partial charge is 0.477 e. The third-order valence-electron chi connectivity index (χ3n) is 2.77. The Morgan fingerprint density at radius 3 is 2.37 bits per heavy atom. The van der Waals surface area contributed by atoms with Crippen LogP contribution in [0.25, 0.3) is 0 Å². The zero-order valence-corrected chi connectivity index (χ0v) is 10.2. The number of nitrogens with zero attached hydrogens (tertiary/aromatic N) is 1. The fraction of sp³-hybridized carbons (Fsp3) is 0.0714. The van der Waals surface area contributed by atoms with Crippen molar-refractivity contribution in [2.24, 2.45) is 0 Å². The van der Waals surface area contributed by atoms with Crippen LogP contribution in [0.15, 0.2) is 36.4 Å². The predicted molar refractivity (Wildman–Crippen MR) is 67.7 cm³/mol. The zero-order valence-electron chi connectivity index (χ0n) is 10.2. The maximum absolute atomic E-state index is 12.3. The van der Waals surface area contributed by atoms with E-state index in [1.54, 1.807) is 37.3 Å². The summed E-state index contributed by atoms with van der Waals surface area (Å²) in [4.78, 5) is 34.5. The number of hydrogen-bond acceptors (Lipinski definition) is 3. The number of carboxylic acids is 1. The van der Waals surface area contributed by atoms with Crippen LogP contribution in [0.4, 0.5) is 0 Å². The molecule has 0 aliphatic carbocycles. The minimum atomic E-state index is -1.24. The predicted octanol–water partition coefficient (Wildman–Crippen LogP) is 2.00. The van der Waals surface area contributed by atoms with Crippen molar-refractivity contribution in [2.75, 3.05) is 0 Å². The molecule has 0 saturated heterocycles. The van der Waals surface area contributed by atoms with Gasteiger partial charge in [0.15, 0.2) is 6.29 Å². The van der Waals surface area contributed by atoms with E-state index < -0.39 is 11.9 Å². The summed E-state index contributed by atoms with van der Waals surface area (Å²) in [6, 6.07) is 9.61. The molecule has 5 heteroatoms. The third-order valence-corrected chi connectivity index (χ3v) is 2.77. The van der Waals surface area contributed by atoms with Crippen molar-refractivity contribution >= 4 is 18.2 Å². The molecule has 0 spiro atoms. The van der Waals surface area contributed by atoms with Crippen LogP contribution < -0.4 is 0 Å². The van der Waals surface area contributed by atoms with Gasteiger partial charge >= 0.3 is 5.97 Å². The number of aromatic carboxylic acids is 1. The molecule has 0 atom stereocenters. The molecule has 0 fully saturated rings. The van der Waals surface area contributed by atoms with Gasteiger partial charge in [-0.05, 0) is 30.7 Å². The van der Waals surface area contributed by atoms with E-state index >= 15 is 0 Å². The second-order valence-electron chi connectivity index (χ2n) is 4.03. The Labute approximate surface area is 109 Å². The van der Waals surface area contributed by atoms with Gasteiger partial charge in [0, 0.05) is 5.56 Å². The van der Waals surface area contributed by atoms with E-state index in [9.17, 15) is 14.4 Å². The second kappa shape index (κ2) is 4.89. The molecule has 1 aromatic heterocycles. The van der Waals surface area contributed by atoms with Crippen LogP contribution in [0, 0.1) is 6.92 Å². The summed E-state index contributed by atoms with van der Waals surface area (Å²) in [6.45, 7) is 1.55. The average molecular weight is 257 g/mol. The molecule has 0 bridgehead atoms. The maximum atomic E-state index is 12.3. The van der Waals surface area contributed by atoms with E-state index in [0.29, 0.717) is 17.4 Å². The summed E-state index contributed by atoms with van der Waals surface area (Å²) in [5, 5.41) is 9.16. The monoisotopic (exact) mass is 257 g/mol. The van der Waals surface area contributed by atoms with Gasteiger partial charge in [-0.15, -0.1) is 0 Å². The molecule has 5 nitrogen and oxygen atoms in total. The highest BCUT2D eigenvalue weighted by molar-refractivity contribution is 6.04. The van der Waals surface area contributed by atoms with E-state index in [4.69, 9.17) is 5.11 Å². The normalized spacial score (nSPS) is 10.2. The summed E-state index contributed by atoms with van der Waals surface area (Å²) in [5.41, 5.74) is 0.544. The number of aldehydes is 1. The number of carbonyl (C=O) groups is 3. The van der Waals surface area contributed by atoms with Crippen molar-refractivity contribution in [3.05, 3.63) is 58.9 Å². The van der Waals surface area contributed by atoms with E-state index in [1.165, 1.54) is 6.07 Å². The number of hydrogen-bond donors (Lipinski definition) is 1. The van der Waals surface area contributed by atoms with Crippen LogP contribution >= 0.6 is 0 Å². The van der Waals surface area contributed by atoms with E-state index in [1.807, 2.05) is 0 Å². The van der Waals surface area contributed by atoms with Crippen LogP contribution in [0.1, 0.15) is 36.9 Å². The number of aromatic nitrogens is 1. The molecule has 96 valence electrons. The topological polar surface area (TPSA) is 76.4 Å². The molecule has 0 unspecified atom stereocenters. The molecule has 0 saturated carbocycles. The summed E-state index contributed by atoms with van der Waals surface area (Å²) >= 11 is 0. The lowest BCUT2D eigenvalue weighted by Crippen LogP contribution is -2.20. The number of aryl methyl sites for hydroxylation is 1. The fourth-order valence-corrected chi connectivity index (χ4v) is 1.94. The minimum absolute atomic E-state index is 0.0313. The van der Waals surface area contributed by atoms with Crippen molar-refractivity contribution in [2.45, 2.75) is 6.92 Å². The fourth-order valence-electron chi connectivity index (χ4n) is 1.94. The molecular formula is C14H11NO4. The molecule has 2 aromatic rings. The van der Waals surface area contributed by atoms with Gasteiger partial charge in [-0.3, -0.25) is 14.2 Å². The maximum Gasteiger partial charge on any atom is 0.353 e. The number of rotatable bonds is 3. The van der Waals surface area contributed by atoms with Gasteiger partial charge in [0.1, 0.15) is 5.69 Å². The number of carbonyl (C=O) groups excluding carboxylic acids is 2. The van der Waals surface area contributed by atoms with Crippen molar-refractivity contribution in [1.29, 1.82) is 0 Å². The van der Waals surface area contributed by atoms with Gasteiger partial charge in [0.05, 0.1) is 5.69 Å². The SMILES string of the molecule is Cc1cc(C=O)n(C(=O)c2ccccc2)c1C(=O)O. The Morgan fingerprint density at radius 2 is 1.84 bits per heavy atom. The molecule has 0 aliphatic rings. The molecule has 19 heavy (non-hydrogen) atoms. The van der Waals surface area contributed by atoms with E-state index in [-0.39, 0.29) is 11.4 Å². The lowest BCUT2D eigenvalue weighted by Gasteiger charge is -2.07. The second-order valence-corrected chi connectivity index (χ2v) is 4.03. The van der Waals surface area contributed by atoms with E-state index in [2.05, 4.69) is 0 Å². The van der Waals surface area contributed by atoms with Gasteiger partial charge in [-0.25, -0.2) is 4.79 Å². The first-order valence-corrected chi connectivity index (χ1v) is 5.57.